The first-order chi connectivity index (χ1) is 9.85. The third kappa shape index (κ3) is 6.29. The lowest BCUT2D eigenvalue weighted by Crippen LogP contribution is -2.27. The molecule has 0 bridgehead atoms. The summed E-state index contributed by atoms with van der Waals surface area (Å²) in [5.74, 6) is -0.416. The van der Waals surface area contributed by atoms with E-state index in [0.717, 1.165) is 15.3 Å². The summed E-state index contributed by atoms with van der Waals surface area (Å²) in [6.45, 7) is 2.06. The number of hydrogen-bond acceptors (Lipinski definition) is 4. The lowest BCUT2D eigenvalue weighted by Gasteiger charge is -2.13. The Hall–Kier alpha value is -1.37. The van der Waals surface area contributed by atoms with Crippen molar-refractivity contribution in [2.45, 2.75) is 13.3 Å². The lowest BCUT2D eigenvalue weighted by atomic mass is 10.2. The van der Waals surface area contributed by atoms with E-state index < -0.39 is 16.0 Å². The molecule has 0 aliphatic carbocycles. The van der Waals surface area contributed by atoms with Crippen molar-refractivity contribution in [2.75, 3.05) is 20.2 Å². The van der Waals surface area contributed by atoms with Crippen LogP contribution in [0.2, 0.25) is 5.02 Å². The van der Waals surface area contributed by atoms with Crippen LogP contribution >= 0.6 is 11.6 Å². The standard InChI is InChI=1S/C14H18ClNO4S/c1-3-20-14(17)8-10-16(2)21(18,19)11-9-12-4-6-13(15)7-5-12/h4-7,9,11H,3,8,10H2,1-2H3. The van der Waals surface area contributed by atoms with Crippen LogP contribution in [0.1, 0.15) is 18.9 Å². The maximum atomic E-state index is 12.0. The van der Waals surface area contributed by atoms with Crippen LogP contribution in [-0.4, -0.2) is 38.9 Å². The Morgan fingerprint density at radius 2 is 1.95 bits per heavy atom. The van der Waals surface area contributed by atoms with Crippen molar-refractivity contribution < 1.29 is 17.9 Å². The number of halogens is 1. The molecule has 0 saturated heterocycles. The molecule has 116 valence electrons. The van der Waals surface area contributed by atoms with Crippen LogP contribution in [0.4, 0.5) is 0 Å². The Kier molecular flexibility index (Phi) is 6.87. The van der Waals surface area contributed by atoms with Gasteiger partial charge >= 0.3 is 5.97 Å². The number of sulfonamides is 1. The Labute approximate surface area is 130 Å². The number of carbonyl (C=O) groups excluding carboxylic acids is 1. The van der Waals surface area contributed by atoms with Crippen molar-refractivity contribution in [3.63, 3.8) is 0 Å². The number of benzene rings is 1. The van der Waals surface area contributed by atoms with Crippen LogP contribution in [0.15, 0.2) is 29.7 Å². The average molecular weight is 332 g/mol. The molecule has 0 unspecified atom stereocenters. The quantitative estimate of drug-likeness (QED) is 0.720. The first-order valence-corrected chi connectivity index (χ1v) is 8.29. The number of esters is 1. The van der Waals surface area contributed by atoms with E-state index in [4.69, 9.17) is 16.3 Å². The van der Waals surface area contributed by atoms with Crippen molar-refractivity contribution >= 4 is 33.7 Å². The van der Waals surface area contributed by atoms with Gasteiger partial charge in [0.05, 0.1) is 13.0 Å². The van der Waals surface area contributed by atoms with Crippen molar-refractivity contribution in [3.05, 3.63) is 40.3 Å². The molecule has 0 saturated carbocycles. The van der Waals surface area contributed by atoms with E-state index in [2.05, 4.69) is 0 Å². The van der Waals surface area contributed by atoms with E-state index in [-0.39, 0.29) is 19.6 Å². The lowest BCUT2D eigenvalue weighted by molar-refractivity contribution is -0.143. The van der Waals surface area contributed by atoms with Crippen LogP contribution < -0.4 is 0 Å². The van der Waals surface area contributed by atoms with E-state index in [9.17, 15) is 13.2 Å². The number of nitrogens with zero attached hydrogens (tertiary/aromatic N) is 1. The molecule has 0 amide bonds. The summed E-state index contributed by atoms with van der Waals surface area (Å²) in [4.78, 5) is 11.2. The molecule has 0 N–H and O–H groups in total. The van der Waals surface area contributed by atoms with Crippen molar-refractivity contribution in [3.8, 4) is 0 Å². The summed E-state index contributed by atoms with van der Waals surface area (Å²) in [7, 11) is -2.15. The molecule has 0 aromatic heterocycles. The highest BCUT2D eigenvalue weighted by molar-refractivity contribution is 7.92. The Morgan fingerprint density at radius 1 is 1.33 bits per heavy atom. The second-order valence-corrected chi connectivity index (χ2v) is 6.64. The molecule has 7 heteroatoms. The van der Waals surface area contributed by atoms with Gasteiger partial charge < -0.3 is 4.74 Å². The summed E-state index contributed by atoms with van der Waals surface area (Å²) < 4.78 is 29.9. The molecule has 0 heterocycles. The highest BCUT2D eigenvalue weighted by Crippen LogP contribution is 2.12. The summed E-state index contributed by atoms with van der Waals surface area (Å²) in [6.07, 6.45) is 1.50. The van der Waals surface area contributed by atoms with E-state index in [0.29, 0.717) is 5.02 Å². The predicted octanol–water partition coefficient (Wildman–Crippen LogP) is 2.53. The normalized spacial score (nSPS) is 12.0. The molecule has 1 aromatic carbocycles. The fourth-order valence-corrected chi connectivity index (χ4v) is 2.46. The Balaban J connectivity index is 2.63. The molecule has 0 aliphatic heterocycles. The smallest absolute Gasteiger partial charge is 0.307 e. The second-order valence-electron chi connectivity index (χ2n) is 4.28. The summed E-state index contributed by atoms with van der Waals surface area (Å²) in [6, 6.07) is 6.79. The molecular weight excluding hydrogens is 314 g/mol. The van der Waals surface area contributed by atoms with Crippen LogP contribution in [0, 0.1) is 0 Å². The highest BCUT2D eigenvalue weighted by atomic mass is 35.5. The third-order valence-corrected chi connectivity index (χ3v) is 4.46. The molecule has 1 rings (SSSR count). The molecule has 21 heavy (non-hydrogen) atoms. The second kappa shape index (κ2) is 8.17. The minimum atomic E-state index is -3.57. The maximum Gasteiger partial charge on any atom is 0.307 e. The summed E-state index contributed by atoms with van der Waals surface area (Å²) in [5.41, 5.74) is 0.724. The first kappa shape index (κ1) is 17.7. The Morgan fingerprint density at radius 3 is 2.52 bits per heavy atom. The molecular formula is C14H18ClNO4S. The number of ether oxygens (including phenoxy) is 1. The van der Waals surface area contributed by atoms with Gasteiger partial charge in [-0.1, -0.05) is 23.7 Å². The van der Waals surface area contributed by atoms with Gasteiger partial charge in [-0.2, -0.15) is 0 Å². The van der Waals surface area contributed by atoms with E-state index in [1.807, 2.05) is 0 Å². The average Bonchev–Trinajstić information content (AvgIpc) is 2.44. The van der Waals surface area contributed by atoms with Crippen LogP contribution in [0.3, 0.4) is 0 Å². The van der Waals surface area contributed by atoms with Crippen LogP contribution in [-0.2, 0) is 19.6 Å². The fraction of sp³-hybridized carbons (Fsp3) is 0.357. The summed E-state index contributed by atoms with van der Waals surface area (Å²) >= 11 is 5.75. The predicted molar refractivity (Wildman–Crippen MR) is 83.3 cm³/mol. The number of carbonyl (C=O) groups is 1. The monoisotopic (exact) mass is 331 g/mol. The summed E-state index contributed by atoms with van der Waals surface area (Å²) in [5, 5.41) is 1.68. The minimum Gasteiger partial charge on any atom is -0.466 e. The molecule has 0 fully saturated rings. The van der Waals surface area contributed by atoms with Gasteiger partial charge in [-0.3, -0.25) is 4.79 Å². The fourth-order valence-electron chi connectivity index (χ4n) is 1.45. The molecule has 1 aromatic rings. The van der Waals surface area contributed by atoms with E-state index >= 15 is 0 Å². The van der Waals surface area contributed by atoms with Gasteiger partial charge in [0, 0.05) is 24.0 Å². The SMILES string of the molecule is CCOC(=O)CCN(C)S(=O)(=O)C=Cc1ccc(Cl)cc1. The largest absolute Gasteiger partial charge is 0.466 e. The molecule has 0 aliphatic rings. The van der Waals surface area contributed by atoms with Gasteiger partial charge in [-0.15, -0.1) is 0 Å². The van der Waals surface area contributed by atoms with Crippen molar-refractivity contribution in [1.29, 1.82) is 0 Å². The third-order valence-electron chi connectivity index (χ3n) is 2.67. The van der Waals surface area contributed by atoms with Gasteiger partial charge in [-0.25, -0.2) is 12.7 Å². The number of hydrogen-bond donors (Lipinski definition) is 0. The zero-order valence-electron chi connectivity index (χ0n) is 12.0. The van der Waals surface area contributed by atoms with Crippen molar-refractivity contribution in [1.82, 2.24) is 4.31 Å². The maximum absolute atomic E-state index is 12.0. The first-order valence-electron chi connectivity index (χ1n) is 6.40. The minimum absolute atomic E-state index is 0.0261. The van der Waals surface area contributed by atoms with Gasteiger partial charge in [0.15, 0.2) is 0 Å². The van der Waals surface area contributed by atoms with Crippen molar-refractivity contribution in [2.24, 2.45) is 0 Å². The van der Waals surface area contributed by atoms with Crippen LogP contribution in [0.25, 0.3) is 6.08 Å². The van der Waals surface area contributed by atoms with Gasteiger partial charge in [0.1, 0.15) is 0 Å². The highest BCUT2D eigenvalue weighted by Gasteiger charge is 2.15. The molecule has 0 spiro atoms. The van der Waals surface area contributed by atoms with Crippen LogP contribution in [0.5, 0.6) is 0 Å². The molecule has 0 radical (unpaired) electrons. The van der Waals surface area contributed by atoms with E-state index in [1.54, 1.807) is 31.2 Å². The Bertz CT molecular complexity index is 596. The number of rotatable bonds is 7. The van der Waals surface area contributed by atoms with Gasteiger partial charge in [-0.05, 0) is 30.7 Å². The van der Waals surface area contributed by atoms with Gasteiger partial charge in [0.2, 0.25) is 10.0 Å². The molecule has 5 nitrogen and oxygen atoms in total. The topological polar surface area (TPSA) is 63.7 Å². The van der Waals surface area contributed by atoms with Gasteiger partial charge in [0.25, 0.3) is 0 Å². The zero-order valence-corrected chi connectivity index (χ0v) is 13.5. The molecule has 0 atom stereocenters. The van der Waals surface area contributed by atoms with E-state index in [1.165, 1.54) is 13.1 Å². The zero-order chi connectivity index (χ0) is 15.9.